The van der Waals surface area contributed by atoms with E-state index in [-0.39, 0.29) is 0 Å². The summed E-state index contributed by atoms with van der Waals surface area (Å²) in [5.74, 6) is 0.581. The Morgan fingerprint density at radius 2 is 2.12 bits per heavy atom. The molecule has 1 heteroatoms. The molecule has 0 aliphatic carbocycles. The SMILES string of the molecule is C=C(CCc1ccc2ncccc2c1)C(C)C. The molecule has 0 aliphatic heterocycles. The van der Waals surface area contributed by atoms with Crippen LogP contribution in [0.25, 0.3) is 10.9 Å². The minimum Gasteiger partial charge on any atom is -0.256 e. The van der Waals surface area contributed by atoms with Crippen LogP contribution in [0.15, 0.2) is 48.7 Å². The number of benzene rings is 1. The van der Waals surface area contributed by atoms with Crippen LogP contribution >= 0.6 is 0 Å². The number of fused-ring (bicyclic) bond motifs is 1. The van der Waals surface area contributed by atoms with Gasteiger partial charge in [-0.3, -0.25) is 4.98 Å². The van der Waals surface area contributed by atoms with E-state index in [9.17, 15) is 0 Å². The minimum absolute atomic E-state index is 0.581. The molecule has 0 saturated heterocycles. The summed E-state index contributed by atoms with van der Waals surface area (Å²) < 4.78 is 0. The molecule has 2 rings (SSSR count). The molecule has 0 N–H and O–H groups in total. The molecule has 0 spiro atoms. The lowest BCUT2D eigenvalue weighted by atomic mass is 9.97. The molecule has 0 amide bonds. The fourth-order valence-electron chi connectivity index (χ4n) is 1.87. The van der Waals surface area contributed by atoms with Crippen molar-refractivity contribution in [3.8, 4) is 0 Å². The highest BCUT2D eigenvalue weighted by molar-refractivity contribution is 5.78. The molecule has 0 unspecified atom stereocenters. The summed E-state index contributed by atoms with van der Waals surface area (Å²) in [6.45, 7) is 8.52. The third kappa shape index (κ3) is 2.94. The number of aromatic nitrogens is 1. The number of nitrogens with zero attached hydrogens (tertiary/aromatic N) is 1. The third-order valence-electron chi connectivity index (χ3n) is 3.22. The molecule has 1 nitrogen and oxygen atoms in total. The Morgan fingerprint density at radius 3 is 2.88 bits per heavy atom. The van der Waals surface area contributed by atoms with Crippen molar-refractivity contribution in [2.24, 2.45) is 5.92 Å². The van der Waals surface area contributed by atoms with Crippen molar-refractivity contribution < 1.29 is 0 Å². The Bertz CT molecular complexity index is 526. The Labute approximate surface area is 103 Å². The molecule has 1 aromatic carbocycles. The van der Waals surface area contributed by atoms with E-state index in [2.05, 4.69) is 49.7 Å². The first kappa shape index (κ1) is 11.8. The fraction of sp³-hybridized carbons (Fsp3) is 0.312. The fourth-order valence-corrected chi connectivity index (χ4v) is 1.87. The summed E-state index contributed by atoms with van der Waals surface area (Å²) in [6.07, 6.45) is 3.98. The molecule has 88 valence electrons. The molecule has 2 aromatic rings. The van der Waals surface area contributed by atoms with Gasteiger partial charge in [0.15, 0.2) is 0 Å². The molecule has 0 radical (unpaired) electrons. The van der Waals surface area contributed by atoms with Gasteiger partial charge >= 0.3 is 0 Å². The summed E-state index contributed by atoms with van der Waals surface area (Å²) in [7, 11) is 0. The highest BCUT2D eigenvalue weighted by Crippen LogP contribution is 2.18. The van der Waals surface area contributed by atoms with Crippen LogP contribution < -0.4 is 0 Å². The van der Waals surface area contributed by atoms with Gasteiger partial charge in [-0.1, -0.05) is 38.1 Å². The number of hydrogen-bond donors (Lipinski definition) is 0. The lowest BCUT2D eigenvalue weighted by Crippen LogP contribution is -1.95. The number of pyridine rings is 1. The summed E-state index contributed by atoms with van der Waals surface area (Å²) in [4.78, 5) is 4.33. The van der Waals surface area contributed by atoms with E-state index in [0.717, 1.165) is 18.4 Å². The minimum atomic E-state index is 0.581. The maximum absolute atomic E-state index is 4.33. The van der Waals surface area contributed by atoms with E-state index in [1.165, 1.54) is 16.5 Å². The Morgan fingerprint density at radius 1 is 1.29 bits per heavy atom. The first-order chi connectivity index (χ1) is 8.16. The Hall–Kier alpha value is -1.63. The van der Waals surface area contributed by atoms with Gasteiger partial charge in [0, 0.05) is 11.6 Å². The molecular formula is C16H19N. The van der Waals surface area contributed by atoms with E-state index in [4.69, 9.17) is 0 Å². The van der Waals surface area contributed by atoms with E-state index in [1.54, 1.807) is 0 Å². The summed E-state index contributed by atoms with van der Waals surface area (Å²) >= 11 is 0. The summed E-state index contributed by atoms with van der Waals surface area (Å²) in [6, 6.07) is 10.6. The zero-order valence-corrected chi connectivity index (χ0v) is 10.6. The molecule has 0 aliphatic rings. The van der Waals surface area contributed by atoms with Crippen molar-refractivity contribution in [3.63, 3.8) is 0 Å². The van der Waals surface area contributed by atoms with Gasteiger partial charge in [-0.2, -0.15) is 0 Å². The highest BCUT2D eigenvalue weighted by Gasteiger charge is 2.02. The predicted octanol–water partition coefficient (Wildman–Crippen LogP) is 4.38. The summed E-state index contributed by atoms with van der Waals surface area (Å²) in [5, 5.41) is 1.22. The van der Waals surface area contributed by atoms with E-state index >= 15 is 0 Å². The molecule has 0 saturated carbocycles. The summed E-state index contributed by atoms with van der Waals surface area (Å²) in [5.41, 5.74) is 3.77. The van der Waals surface area contributed by atoms with Crippen LogP contribution in [-0.4, -0.2) is 4.98 Å². The van der Waals surface area contributed by atoms with Gasteiger partial charge in [-0.25, -0.2) is 0 Å². The van der Waals surface area contributed by atoms with Crippen molar-refractivity contribution in [2.45, 2.75) is 26.7 Å². The Balaban J connectivity index is 2.12. The molecule has 17 heavy (non-hydrogen) atoms. The lowest BCUT2D eigenvalue weighted by molar-refractivity contribution is 0.714. The molecular weight excluding hydrogens is 206 g/mol. The lowest BCUT2D eigenvalue weighted by Gasteiger charge is -2.09. The van der Waals surface area contributed by atoms with Crippen LogP contribution in [0.1, 0.15) is 25.8 Å². The van der Waals surface area contributed by atoms with Gasteiger partial charge in [-0.15, -0.1) is 0 Å². The van der Waals surface area contributed by atoms with Crippen molar-refractivity contribution >= 4 is 10.9 Å². The number of hydrogen-bond acceptors (Lipinski definition) is 1. The first-order valence-corrected chi connectivity index (χ1v) is 6.18. The van der Waals surface area contributed by atoms with Crippen LogP contribution in [0.4, 0.5) is 0 Å². The maximum Gasteiger partial charge on any atom is 0.0702 e. The van der Waals surface area contributed by atoms with Gasteiger partial charge in [0.25, 0.3) is 0 Å². The average Bonchev–Trinajstić information content (AvgIpc) is 2.35. The molecule has 0 bridgehead atoms. The second kappa shape index (κ2) is 5.13. The standard InChI is InChI=1S/C16H19N/c1-12(2)13(3)6-7-14-8-9-16-15(11-14)5-4-10-17-16/h4-5,8-12H,3,6-7H2,1-2H3. The van der Waals surface area contributed by atoms with Gasteiger partial charge in [0.2, 0.25) is 0 Å². The second-order valence-corrected chi connectivity index (χ2v) is 4.84. The van der Waals surface area contributed by atoms with E-state index in [0.29, 0.717) is 5.92 Å². The van der Waals surface area contributed by atoms with Crippen molar-refractivity contribution in [1.29, 1.82) is 0 Å². The maximum atomic E-state index is 4.33. The normalized spacial score (nSPS) is 11.0. The smallest absolute Gasteiger partial charge is 0.0702 e. The zero-order valence-electron chi connectivity index (χ0n) is 10.6. The molecule has 0 atom stereocenters. The second-order valence-electron chi connectivity index (χ2n) is 4.84. The first-order valence-electron chi connectivity index (χ1n) is 6.18. The number of allylic oxidation sites excluding steroid dienone is 1. The van der Waals surface area contributed by atoms with Crippen molar-refractivity contribution in [2.75, 3.05) is 0 Å². The van der Waals surface area contributed by atoms with Crippen LogP contribution in [0.2, 0.25) is 0 Å². The Kier molecular flexibility index (Phi) is 3.58. The largest absolute Gasteiger partial charge is 0.256 e. The van der Waals surface area contributed by atoms with Crippen LogP contribution in [0.5, 0.6) is 0 Å². The van der Waals surface area contributed by atoms with Gasteiger partial charge in [-0.05, 0) is 42.5 Å². The van der Waals surface area contributed by atoms with Crippen molar-refractivity contribution in [1.82, 2.24) is 4.98 Å². The number of aryl methyl sites for hydroxylation is 1. The van der Waals surface area contributed by atoms with E-state index in [1.807, 2.05) is 12.3 Å². The molecule has 1 aromatic heterocycles. The van der Waals surface area contributed by atoms with Crippen LogP contribution in [0.3, 0.4) is 0 Å². The average molecular weight is 225 g/mol. The molecule has 1 heterocycles. The van der Waals surface area contributed by atoms with Gasteiger partial charge in [0.1, 0.15) is 0 Å². The van der Waals surface area contributed by atoms with Gasteiger partial charge in [0.05, 0.1) is 5.52 Å². The number of rotatable bonds is 4. The molecule has 0 fully saturated rings. The van der Waals surface area contributed by atoms with Crippen LogP contribution in [-0.2, 0) is 6.42 Å². The monoisotopic (exact) mass is 225 g/mol. The van der Waals surface area contributed by atoms with Gasteiger partial charge < -0.3 is 0 Å². The predicted molar refractivity (Wildman–Crippen MR) is 74.0 cm³/mol. The third-order valence-corrected chi connectivity index (χ3v) is 3.22. The highest BCUT2D eigenvalue weighted by atomic mass is 14.6. The van der Waals surface area contributed by atoms with Crippen LogP contribution in [0, 0.1) is 5.92 Å². The topological polar surface area (TPSA) is 12.9 Å². The van der Waals surface area contributed by atoms with Crippen molar-refractivity contribution in [3.05, 3.63) is 54.2 Å². The zero-order chi connectivity index (χ0) is 12.3. The quantitative estimate of drug-likeness (QED) is 0.704. The van der Waals surface area contributed by atoms with E-state index < -0.39 is 0 Å².